The highest BCUT2D eigenvalue weighted by Crippen LogP contribution is 2.09. The lowest BCUT2D eigenvalue weighted by molar-refractivity contribution is -0.115. The van der Waals surface area contributed by atoms with Crippen LogP contribution in [0.15, 0.2) is 48.9 Å². The topological polar surface area (TPSA) is 59.3 Å². The molecule has 5 nitrogen and oxygen atoms in total. The van der Waals surface area contributed by atoms with E-state index in [-0.39, 0.29) is 12.3 Å². The van der Waals surface area contributed by atoms with Crippen molar-refractivity contribution in [2.24, 2.45) is 0 Å². The quantitative estimate of drug-likeness (QED) is 0.790. The number of carbonyl (C=O) groups excluding carboxylic acids is 1. The van der Waals surface area contributed by atoms with Gasteiger partial charge in [-0.15, -0.1) is 0 Å². The zero-order chi connectivity index (χ0) is 13.9. The van der Waals surface area contributed by atoms with Gasteiger partial charge in [-0.1, -0.05) is 12.1 Å². The summed E-state index contributed by atoms with van der Waals surface area (Å²) in [5.41, 5.74) is 2.79. The highest BCUT2D eigenvalue weighted by atomic mass is 16.1. The molecular weight excluding hydrogens is 252 g/mol. The minimum absolute atomic E-state index is 0.0949. The average molecular weight is 266 g/mol. The summed E-state index contributed by atoms with van der Waals surface area (Å²) >= 11 is 0. The van der Waals surface area contributed by atoms with Gasteiger partial charge in [-0.05, 0) is 30.7 Å². The second-order valence-electron chi connectivity index (χ2n) is 4.62. The van der Waals surface area contributed by atoms with Crippen LogP contribution >= 0.6 is 0 Å². The van der Waals surface area contributed by atoms with E-state index < -0.39 is 0 Å². The van der Waals surface area contributed by atoms with Crippen LogP contribution in [0.1, 0.15) is 11.3 Å². The molecule has 0 aliphatic carbocycles. The van der Waals surface area contributed by atoms with Crippen molar-refractivity contribution in [3.63, 3.8) is 0 Å². The summed E-state index contributed by atoms with van der Waals surface area (Å²) in [4.78, 5) is 20.4. The van der Waals surface area contributed by atoms with Crippen molar-refractivity contribution in [3.8, 4) is 0 Å². The molecule has 3 aromatic rings. The highest BCUT2D eigenvalue weighted by molar-refractivity contribution is 5.91. The van der Waals surface area contributed by atoms with Gasteiger partial charge in [0.05, 0.1) is 6.42 Å². The molecule has 0 aliphatic rings. The van der Waals surface area contributed by atoms with E-state index in [4.69, 9.17) is 0 Å². The number of aromatic nitrogens is 3. The number of carbonyl (C=O) groups is 1. The summed E-state index contributed by atoms with van der Waals surface area (Å²) in [6.07, 6.45) is 5.58. The van der Waals surface area contributed by atoms with Gasteiger partial charge in [-0.3, -0.25) is 4.79 Å². The molecule has 0 unspecified atom stereocenters. The molecule has 20 heavy (non-hydrogen) atoms. The van der Waals surface area contributed by atoms with Gasteiger partial charge < -0.3 is 9.72 Å². The molecule has 1 N–H and O–H groups in total. The van der Waals surface area contributed by atoms with E-state index in [1.165, 1.54) is 0 Å². The highest BCUT2D eigenvalue weighted by Gasteiger charge is 2.08. The van der Waals surface area contributed by atoms with Crippen LogP contribution < -0.4 is 5.32 Å². The Balaban J connectivity index is 1.76. The summed E-state index contributed by atoms with van der Waals surface area (Å²) in [5.74, 6) is 0.473. The Morgan fingerprint density at radius 3 is 2.95 bits per heavy atom. The van der Waals surface area contributed by atoms with E-state index in [0.29, 0.717) is 5.82 Å². The molecule has 1 amide bonds. The fourth-order valence-electron chi connectivity index (χ4n) is 2.04. The maximum absolute atomic E-state index is 12.0. The van der Waals surface area contributed by atoms with Gasteiger partial charge in [0.25, 0.3) is 0 Å². The van der Waals surface area contributed by atoms with E-state index in [1.54, 1.807) is 18.5 Å². The van der Waals surface area contributed by atoms with Crippen molar-refractivity contribution in [2.45, 2.75) is 13.3 Å². The molecular formula is C15H14N4O. The Morgan fingerprint density at radius 1 is 1.25 bits per heavy atom. The first-order valence-corrected chi connectivity index (χ1v) is 6.36. The third-order valence-corrected chi connectivity index (χ3v) is 3.03. The first kappa shape index (κ1) is 12.3. The number of fused-ring (bicyclic) bond motifs is 1. The Bertz CT molecular complexity index is 746. The normalized spacial score (nSPS) is 10.7. The van der Waals surface area contributed by atoms with Crippen molar-refractivity contribution in [3.05, 3.63) is 60.2 Å². The van der Waals surface area contributed by atoms with E-state index in [9.17, 15) is 4.79 Å². The molecule has 0 atom stereocenters. The van der Waals surface area contributed by atoms with E-state index in [1.807, 2.05) is 41.8 Å². The van der Waals surface area contributed by atoms with Crippen LogP contribution in [0, 0.1) is 6.92 Å². The number of rotatable bonds is 3. The molecule has 0 radical (unpaired) electrons. The number of amides is 1. The third kappa shape index (κ3) is 2.51. The van der Waals surface area contributed by atoms with Gasteiger partial charge in [0, 0.05) is 24.3 Å². The van der Waals surface area contributed by atoms with Crippen LogP contribution in [-0.4, -0.2) is 20.3 Å². The number of pyridine rings is 2. The number of aryl methyl sites for hydroxylation is 1. The van der Waals surface area contributed by atoms with Gasteiger partial charge in [0.1, 0.15) is 11.5 Å². The first-order chi connectivity index (χ1) is 9.72. The molecule has 3 aromatic heterocycles. The van der Waals surface area contributed by atoms with Crippen LogP contribution in [0.25, 0.3) is 5.65 Å². The van der Waals surface area contributed by atoms with E-state index in [0.717, 1.165) is 16.9 Å². The average Bonchev–Trinajstić information content (AvgIpc) is 2.91. The fraction of sp³-hybridized carbons (Fsp3) is 0.133. The lowest BCUT2D eigenvalue weighted by atomic mass is 10.2. The van der Waals surface area contributed by atoms with Crippen molar-refractivity contribution in [1.82, 2.24) is 14.4 Å². The Kier molecular flexibility index (Phi) is 3.16. The second kappa shape index (κ2) is 5.13. The molecule has 0 bridgehead atoms. The number of hydrogen-bond donors (Lipinski definition) is 1. The van der Waals surface area contributed by atoms with Gasteiger partial charge in [-0.25, -0.2) is 9.97 Å². The van der Waals surface area contributed by atoms with Gasteiger partial charge in [-0.2, -0.15) is 0 Å². The monoisotopic (exact) mass is 266 g/mol. The third-order valence-electron chi connectivity index (χ3n) is 3.03. The van der Waals surface area contributed by atoms with Crippen molar-refractivity contribution in [2.75, 3.05) is 5.32 Å². The van der Waals surface area contributed by atoms with Crippen LogP contribution in [0.3, 0.4) is 0 Å². The standard InChI is InChI=1S/C15H14N4O/c1-11-5-6-13(17-10-11)18-15(20)9-12-3-2-4-14-16-7-8-19(12)14/h2-8,10H,9H2,1H3,(H,17,18,20). The molecule has 0 aromatic carbocycles. The predicted octanol–water partition coefficient (Wildman–Crippen LogP) is 2.22. The molecule has 3 rings (SSSR count). The number of imidazole rings is 1. The molecule has 0 spiro atoms. The summed E-state index contributed by atoms with van der Waals surface area (Å²) in [6.45, 7) is 1.96. The summed E-state index contributed by atoms with van der Waals surface area (Å²) in [5, 5.41) is 2.79. The van der Waals surface area contributed by atoms with Crippen LogP contribution in [0.2, 0.25) is 0 Å². The molecule has 3 heterocycles. The van der Waals surface area contributed by atoms with Crippen LogP contribution in [-0.2, 0) is 11.2 Å². The Morgan fingerprint density at radius 2 is 2.15 bits per heavy atom. The summed E-state index contributed by atoms with van der Waals surface area (Å²) in [7, 11) is 0. The molecule has 0 aliphatic heterocycles. The molecule has 5 heteroatoms. The van der Waals surface area contributed by atoms with Crippen LogP contribution in [0.5, 0.6) is 0 Å². The summed E-state index contributed by atoms with van der Waals surface area (Å²) < 4.78 is 1.90. The maximum atomic E-state index is 12.0. The lowest BCUT2D eigenvalue weighted by Gasteiger charge is -2.06. The molecule has 0 saturated carbocycles. The predicted molar refractivity (Wildman–Crippen MR) is 76.5 cm³/mol. The SMILES string of the molecule is Cc1ccc(NC(=O)Cc2cccc3nccn23)nc1. The zero-order valence-corrected chi connectivity index (χ0v) is 11.1. The lowest BCUT2D eigenvalue weighted by Crippen LogP contribution is -2.16. The minimum Gasteiger partial charge on any atom is -0.310 e. The van der Waals surface area contributed by atoms with Crippen molar-refractivity contribution >= 4 is 17.4 Å². The first-order valence-electron chi connectivity index (χ1n) is 6.36. The minimum atomic E-state index is -0.0949. The van der Waals surface area contributed by atoms with Gasteiger partial charge in [0.15, 0.2) is 0 Å². The molecule has 0 saturated heterocycles. The van der Waals surface area contributed by atoms with Gasteiger partial charge >= 0.3 is 0 Å². The number of hydrogen-bond acceptors (Lipinski definition) is 3. The number of anilines is 1. The maximum Gasteiger partial charge on any atom is 0.231 e. The largest absolute Gasteiger partial charge is 0.310 e. The van der Waals surface area contributed by atoms with Gasteiger partial charge in [0.2, 0.25) is 5.91 Å². The Labute approximate surface area is 116 Å². The molecule has 0 fully saturated rings. The van der Waals surface area contributed by atoms with E-state index in [2.05, 4.69) is 15.3 Å². The smallest absolute Gasteiger partial charge is 0.231 e. The number of nitrogens with zero attached hydrogens (tertiary/aromatic N) is 3. The Hall–Kier alpha value is -2.69. The number of nitrogens with one attached hydrogen (secondary N) is 1. The fourth-order valence-corrected chi connectivity index (χ4v) is 2.04. The molecule has 100 valence electrons. The second-order valence-corrected chi connectivity index (χ2v) is 4.62. The van der Waals surface area contributed by atoms with Crippen molar-refractivity contribution in [1.29, 1.82) is 0 Å². The zero-order valence-electron chi connectivity index (χ0n) is 11.1. The van der Waals surface area contributed by atoms with Crippen LogP contribution in [0.4, 0.5) is 5.82 Å². The summed E-state index contributed by atoms with van der Waals surface area (Å²) in [6, 6.07) is 9.43. The van der Waals surface area contributed by atoms with Crippen molar-refractivity contribution < 1.29 is 4.79 Å². The van der Waals surface area contributed by atoms with E-state index >= 15 is 0 Å².